The van der Waals surface area contributed by atoms with E-state index < -0.39 is 11.9 Å². The molecular formula is C22H25NO3. The van der Waals surface area contributed by atoms with Crippen LogP contribution in [0.15, 0.2) is 54.6 Å². The second-order valence-corrected chi connectivity index (χ2v) is 7.32. The molecule has 2 aromatic rings. The summed E-state index contributed by atoms with van der Waals surface area (Å²) in [5.74, 6) is -1.00. The van der Waals surface area contributed by atoms with Gasteiger partial charge in [-0.25, -0.2) is 0 Å². The summed E-state index contributed by atoms with van der Waals surface area (Å²) in [6, 6.07) is 17.5. The molecule has 1 aliphatic carbocycles. The first-order chi connectivity index (χ1) is 12.5. The van der Waals surface area contributed by atoms with Gasteiger partial charge in [0, 0.05) is 12.5 Å². The van der Waals surface area contributed by atoms with Crippen molar-refractivity contribution >= 4 is 11.9 Å². The summed E-state index contributed by atoms with van der Waals surface area (Å²) in [7, 11) is 0. The van der Waals surface area contributed by atoms with Crippen LogP contribution in [0.3, 0.4) is 0 Å². The van der Waals surface area contributed by atoms with E-state index in [2.05, 4.69) is 43.4 Å². The molecule has 1 saturated carbocycles. The van der Waals surface area contributed by atoms with Crippen LogP contribution >= 0.6 is 0 Å². The van der Waals surface area contributed by atoms with Crippen molar-refractivity contribution in [2.75, 3.05) is 6.54 Å². The van der Waals surface area contributed by atoms with Gasteiger partial charge in [0.1, 0.15) is 0 Å². The number of benzene rings is 2. The van der Waals surface area contributed by atoms with Crippen LogP contribution in [0, 0.1) is 5.92 Å². The quantitative estimate of drug-likeness (QED) is 0.795. The molecule has 136 valence electrons. The van der Waals surface area contributed by atoms with E-state index in [4.69, 9.17) is 0 Å². The van der Waals surface area contributed by atoms with Crippen molar-refractivity contribution in [2.45, 2.75) is 38.0 Å². The highest BCUT2D eigenvalue weighted by Crippen LogP contribution is 2.47. The van der Waals surface area contributed by atoms with Crippen molar-refractivity contribution in [1.29, 1.82) is 0 Å². The zero-order valence-electron chi connectivity index (χ0n) is 15.2. The molecule has 1 fully saturated rings. The van der Waals surface area contributed by atoms with Crippen molar-refractivity contribution in [3.05, 3.63) is 71.3 Å². The maximum atomic E-state index is 12.4. The molecule has 1 amide bonds. The summed E-state index contributed by atoms with van der Waals surface area (Å²) in [4.78, 5) is 23.9. The fourth-order valence-corrected chi connectivity index (χ4v) is 3.35. The molecule has 0 saturated heterocycles. The average Bonchev–Trinajstić information content (AvgIpc) is 3.43. The van der Waals surface area contributed by atoms with Crippen LogP contribution < -0.4 is 5.32 Å². The molecule has 0 spiro atoms. The monoisotopic (exact) mass is 351 g/mol. The summed E-state index contributed by atoms with van der Waals surface area (Å²) < 4.78 is 0. The van der Waals surface area contributed by atoms with Crippen LogP contribution in [0.25, 0.3) is 0 Å². The van der Waals surface area contributed by atoms with Crippen LogP contribution in [-0.4, -0.2) is 23.5 Å². The molecular weight excluding hydrogens is 326 g/mol. The third kappa shape index (κ3) is 4.13. The lowest BCUT2D eigenvalue weighted by Crippen LogP contribution is -2.32. The Morgan fingerprint density at radius 3 is 2.27 bits per heavy atom. The number of carbonyl (C=O) groups is 2. The van der Waals surface area contributed by atoms with Gasteiger partial charge >= 0.3 is 5.97 Å². The van der Waals surface area contributed by atoms with Gasteiger partial charge in [-0.2, -0.15) is 0 Å². The first kappa shape index (κ1) is 18.2. The first-order valence-corrected chi connectivity index (χ1v) is 9.12. The summed E-state index contributed by atoms with van der Waals surface area (Å²) in [5, 5.41) is 12.3. The van der Waals surface area contributed by atoms with Gasteiger partial charge in [-0.1, -0.05) is 68.4 Å². The Hall–Kier alpha value is -2.62. The highest BCUT2D eigenvalue weighted by Gasteiger charge is 2.44. The Morgan fingerprint density at radius 1 is 1.04 bits per heavy atom. The van der Waals surface area contributed by atoms with E-state index in [-0.39, 0.29) is 24.3 Å². The lowest BCUT2D eigenvalue weighted by Gasteiger charge is -2.14. The molecule has 0 aliphatic heterocycles. The average molecular weight is 351 g/mol. The number of aliphatic carboxylic acids is 1. The molecule has 3 unspecified atom stereocenters. The number of carboxylic acids is 1. The Balaban J connectivity index is 1.56. The Bertz CT molecular complexity index is 768. The van der Waals surface area contributed by atoms with Crippen LogP contribution in [0.2, 0.25) is 0 Å². The molecule has 4 nitrogen and oxygen atoms in total. The third-order valence-electron chi connectivity index (χ3n) is 5.14. The highest BCUT2D eigenvalue weighted by atomic mass is 16.4. The number of hydrogen-bond acceptors (Lipinski definition) is 2. The molecule has 3 rings (SSSR count). The molecule has 0 heterocycles. The van der Waals surface area contributed by atoms with E-state index in [1.54, 1.807) is 12.1 Å². The number of hydrogen-bond donors (Lipinski definition) is 2. The van der Waals surface area contributed by atoms with Gasteiger partial charge in [-0.15, -0.1) is 0 Å². The van der Waals surface area contributed by atoms with E-state index >= 15 is 0 Å². The second kappa shape index (κ2) is 7.73. The zero-order chi connectivity index (χ0) is 18.7. The molecule has 26 heavy (non-hydrogen) atoms. The normalized spacial score (nSPS) is 19.8. The third-order valence-corrected chi connectivity index (χ3v) is 5.14. The van der Waals surface area contributed by atoms with Crippen molar-refractivity contribution < 1.29 is 14.7 Å². The zero-order valence-corrected chi connectivity index (χ0v) is 15.2. The maximum absolute atomic E-state index is 12.4. The Morgan fingerprint density at radius 2 is 1.69 bits per heavy atom. The Kier molecular flexibility index (Phi) is 5.40. The fourth-order valence-electron chi connectivity index (χ4n) is 3.35. The molecule has 4 heteroatoms. The summed E-state index contributed by atoms with van der Waals surface area (Å²) in [6.45, 7) is 4.44. The minimum atomic E-state index is -0.923. The topological polar surface area (TPSA) is 66.4 Å². The van der Waals surface area contributed by atoms with E-state index in [0.717, 1.165) is 6.42 Å². The summed E-state index contributed by atoms with van der Waals surface area (Å²) in [5.41, 5.74) is 3.19. The van der Waals surface area contributed by atoms with Gasteiger partial charge < -0.3 is 10.4 Å². The van der Waals surface area contributed by atoms with Crippen molar-refractivity contribution in [3.63, 3.8) is 0 Å². The number of rotatable bonds is 7. The van der Waals surface area contributed by atoms with Gasteiger partial charge in [0.25, 0.3) is 0 Å². The van der Waals surface area contributed by atoms with Crippen molar-refractivity contribution in [2.24, 2.45) is 5.92 Å². The largest absolute Gasteiger partial charge is 0.481 e. The van der Waals surface area contributed by atoms with Crippen molar-refractivity contribution in [1.82, 2.24) is 5.32 Å². The molecule has 0 radical (unpaired) electrons. The predicted molar refractivity (Wildman–Crippen MR) is 101 cm³/mol. The number of carboxylic acid groups (broad SMARTS) is 1. The van der Waals surface area contributed by atoms with Crippen LogP contribution in [0.5, 0.6) is 0 Å². The van der Waals surface area contributed by atoms with Crippen LogP contribution in [0.4, 0.5) is 0 Å². The lowest BCUT2D eigenvalue weighted by atomic mass is 9.99. The Labute approximate surface area is 154 Å². The molecule has 3 atom stereocenters. The fraction of sp³-hybridized carbons (Fsp3) is 0.364. The molecule has 2 aromatic carbocycles. The molecule has 1 aliphatic rings. The van der Waals surface area contributed by atoms with E-state index in [1.165, 1.54) is 11.1 Å². The maximum Gasteiger partial charge on any atom is 0.312 e. The van der Waals surface area contributed by atoms with Gasteiger partial charge in [-0.3, -0.25) is 9.59 Å². The van der Waals surface area contributed by atoms with Gasteiger partial charge in [0.15, 0.2) is 0 Å². The van der Waals surface area contributed by atoms with Gasteiger partial charge in [-0.05, 0) is 34.9 Å². The molecule has 0 aromatic heterocycles. The van der Waals surface area contributed by atoms with E-state index in [0.29, 0.717) is 11.5 Å². The summed E-state index contributed by atoms with van der Waals surface area (Å²) >= 11 is 0. The van der Waals surface area contributed by atoms with Crippen molar-refractivity contribution in [3.8, 4) is 0 Å². The molecule has 2 N–H and O–H groups in total. The van der Waals surface area contributed by atoms with E-state index in [9.17, 15) is 14.7 Å². The smallest absolute Gasteiger partial charge is 0.312 e. The number of amides is 1. The minimum Gasteiger partial charge on any atom is -0.481 e. The van der Waals surface area contributed by atoms with Crippen LogP contribution in [-0.2, 0) is 9.59 Å². The van der Waals surface area contributed by atoms with E-state index in [1.807, 2.05) is 18.2 Å². The standard InChI is InChI=1S/C22H25NO3/c1-14(2)15-8-10-17(11-9-15)18-12-19(18)21(24)23-13-20(22(25)26)16-6-4-3-5-7-16/h3-11,14,18-20H,12-13H2,1-2H3,(H,23,24)(H,25,26). The first-order valence-electron chi connectivity index (χ1n) is 9.12. The summed E-state index contributed by atoms with van der Waals surface area (Å²) in [6.07, 6.45) is 0.829. The second-order valence-electron chi connectivity index (χ2n) is 7.32. The predicted octanol–water partition coefficient (Wildman–Crippen LogP) is 3.90. The minimum absolute atomic E-state index is 0.0508. The number of carbonyl (C=O) groups excluding carboxylic acids is 1. The molecule has 0 bridgehead atoms. The lowest BCUT2D eigenvalue weighted by molar-refractivity contribution is -0.138. The van der Waals surface area contributed by atoms with Gasteiger partial charge in [0.2, 0.25) is 5.91 Å². The number of nitrogens with one attached hydrogen (secondary N) is 1. The highest BCUT2D eigenvalue weighted by molar-refractivity contribution is 5.84. The van der Waals surface area contributed by atoms with Gasteiger partial charge in [0.05, 0.1) is 5.92 Å². The SMILES string of the molecule is CC(C)c1ccc(C2CC2C(=O)NCC(C(=O)O)c2ccccc2)cc1. The van der Waals surface area contributed by atoms with Crippen LogP contribution in [0.1, 0.15) is 54.7 Å².